The second-order valence-electron chi connectivity index (χ2n) is 4.68. The van der Waals surface area contributed by atoms with Gasteiger partial charge in [0.05, 0.1) is 24.0 Å². The fourth-order valence-corrected chi connectivity index (χ4v) is 2.74. The highest BCUT2D eigenvalue weighted by molar-refractivity contribution is 7.12. The summed E-state index contributed by atoms with van der Waals surface area (Å²) in [6.07, 6.45) is -2.01. The third-order valence-corrected chi connectivity index (χ3v) is 3.95. The van der Waals surface area contributed by atoms with Crippen LogP contribution < -0.4 is 5.56 Å². The minimum absolute atomic E-state index is 0.0994. The summed E-state index contributed by atoms with van der Waals surface area (Å²) in [6, 6.07) is 2.19. The van der Waals surface area contributed by atoms with Crippen LogP contribution >= 0.6 is 11.5 Å². The highest BCUT2D eigenvalue weighted by Crippen LogP contribution is 2.27. The first kappa shape index (κ1) is 14.6. The molecule has 0 atom stereocenters. The summed E-state index contributed by atoms with van der Waals surface area (Å²) in [7, 11) is 0. The van der Waals surface area contributed by atoms with Crippen LogP contribution in [0.2, 0.25) is 0 Å². The van der Waals surface area contributed by atoms with Crippen LogP contribution in [0.3, 0.4) is 0 Å². The molecular formula is C13H9F3N4OS. The van der Waals surface area contributed by atoms with E-state index in [0.29, 0.717) is 21.5 Å². The molecule has 0 saturated carbocycles. The fraction of sp³-hybridized carbons (Fsp3) is 0.231. The molecule has 0 radical (unpaired) electrons. The van der Waals surface area contributed by atoms with Crippen molar-refractivity contribution >= 4 is 21.7 Å². The maximum Gasteiger partial charge on any atom is 0.433 e. The molecule has 0 aromatic carbocycles. The first-order chi connectivity index (χ1) is 10.4. The third-order valence-electron chi connectivity index (χ3n) is 3.10. The van der Waals surface area contributed by atoms with Crippen molar-refractivity contribution in [1.29, 1.82) is 0 Å². The molecule has 0 unspecified atom stereocenters. The SMILES string of the molecule is Cc1nsc2ncn(Cc3ccc(C(F)(F)F)nc3)c(=O)c12. The van der Waals surface area contributed by atoms with Crippen LogP contribution in [-0.2, 0) is 12.7 Å². The smallest absolute Gasteiger partial charge is 0.294 e. The first-order valence-electron chi connectivity index (χ1n) is 6.20. The van der Waals surface area contributed by atoms with Crippen molar-refractivity contribution in [1.82, 2.24) is 18.9 Å². The van der Waals surface area contributed by atoms with Crippen molar-refractivity contribution in [2.24, 2.45) is 0 Å². The number of aromatic nitrogens is 4. The largest absolute Gasteiger partial charge is 0.433 e. The Kier molecular flexibility index (Phi) is 3.44. The van der Waals surface area contributed by atoms with E-state index >= 15 is 0 Å². The number of halogens is 3. The van der Waals surface area contributed by atoms with Crippen LogP contribution in [0.1, 0.15) is 17.0 Å². The van der Waals surface area contributed by atoms with E-state index in [0.717, 1.165) is 23.8 Å². The van der Waals surface area contributed by atoms with Crippen molar-refractivity contribution in [2.45, 2.75) is 19.6 Å². The number of pyridine rings is 1. The number of aryl methyl sites for hydroxylation is 1. The second-order valence-corrected chi connectivity index (χ2v) is 5.43. The van der Waals surface area contributed by atoms with E-state index in [1.165, 1.54) is 17.0 Å². The molecule has 3 rings (SSSR count). The molecule has 3 aromatic rings. The summed E-state index contributed by atoms with van der Waals surface area (Å²) in [5.74, 6) is 0. The lowest BCUT2D eigenvalue weighted by molar-refractivity contribution is -0.141. The van der Waals surface area contributed by atoms with Gasteiger partial charge in [-0.05, 0) is 30.1 Å². The minimum Gasteiger partial charge on any atom is -0.294 e. The lowest BCUT2D eigenvalue weighted by Crippen LogP contribution is -2.21. The van der Waals surface area contributed by atoms with Crippen LogP contribution in [0.5, 0.6) is 0 Å². The monoisotopic (exact) mass is 326 g/mol. The van der Waals surface area contributed by atoms with E-state index in [1.807, 2.05) is 0 Å². The van der Waals surface area contributed by atoms with Crippen molar-refractivity contribution in [2.75, 3.05) is 0 Å². The van der Waals surface area contributed by atoms with Crippen LogP contribution in [-0.4, -0.2) is 18.9 Å². The van der Waals surface area contributed by atoms with Gasteiger partial charge in [0.2, 0.25) is 0 Å². The standard InChI is InChI=1S/C13H9F3N4OS/c1-7-10-11(22-19-7)18-6-20(12(10)21)5-8-2-3-9(17-4-8)13(14,15)16/h2-4,6H,5H2,1H3. The summed E-state index contributed by atoms with van der Waals surface area (Å²) < 4.78 is 42.8. The number of alkyl halides is 3. The van der Waals surface area contributed by atoms with Gasteiger partial charge in [-0.1, -0.05) is 6.07 Å². The van der Waals surface area contributed by atoms with Gasteiger partial charge in [0, 0.05) is 6.20 Å². The van der Waals surface area contributed by atoms with Gasteiger partial charge in [-0.15, -0.1) is 0 Å². The summed E-state index contributed by atoms with van der Waals surface area (Å²) >= 11 is 1.14. The molecule has 0 N–H and O–H groups in total. The Bertz CT molecular complexity index is 883. The van der Waals surface area contributed by atoms with Gasteiger partial charge in [0.25, 0.3) is 5.56 Å². The molecule has 9 heteroatoms. The molecular weight excluding hydrogens is 317 g/mol. The first-order valence-corrected chi connectivity index (χ1v) is 6.97. The number of rotatable bonds is 2. The quantitative estimate of drug-likeness (QED) is 0.726. The van der Waals surface area contributed by atoms with Crippen LogP contribution in [0.15, 0.2) is 29.5 Å². The van der Waals surface area contributed by atoms with Crippen LogP contribution in [0, 0.1) is 6.92 Å². The van der Waals surface area contributed by atoms with Crippen LogP contribution in [0.4, 0.5) is 13.2 Å². The van der Waals surface area contributed by atoms with Gasteiger partial charge >= 0.3 is 6.18 Å². The third kappa shape index (κ3) is 2.59. The Morgan fingerprint density at radius 2 is 2.05 bits per heavy atom. The molecule has 3 aromatic heterocycles. The van der Waals surface area contributed by atoms with Gasteiger partial charge in [0.15, 0.2) is 4.83 Å². The predicted octanol–water partition coefficient (Wildman–Crippen LogP) is 2.62. The zero-order valence-electron chi connectivity index (χ0n) is 11.3. The summed E-state index contributed by atoms with van der Waals surface area (Å²) in [6.45, 7) is 1.81. The summed E-state index contributed by atoms with van der Waals surface area (Å²) in [5.41, 5.74) is -0.152. The molecule has 0 aliphatic rings. The van der Waals surface area contributed by atoms with E-state index in [4.69, 9.17) is 0 Å². The Labute approximate surface area is 126 Å². The minimum atomic E-state index is -4.48. The Hall–Kier alpha value is -2.29. The number of hydrogen-bond donors (Lipinski definition) is 0. The summed E-state index contributed by atoms with van der Waals surface area (Å²) in [5, 5.41) is 0.437. The lowest BCUT2D eigenvalue weighted by atomic mass is 10.2. The van der Waals surface area contributed by atoms with Gasteiger partial charge in [-0.25, -0.2) is 4.98 Å². The van der Waals surface area contributed by atoms with Crippen molar-refractivity contribution < 1.29 is 13.2 Å². The van der Waals surface area contributed by atoms with Crippen LogP contribution in [0.25, 0.3) is 10.2 Å². The Balaban J connectivity index is 1.95. The topological polar surface area (TPSA) is 60.7 Å². The fourth-order valence-electron chi connectivity index (χ4n) is 2.01. The molecule has 5 nitrogen and oxygen atoms in total. The van der Waals surface area contributed by atoms with Gasteiger partial charge in [-0.2, -0.15) is 17.5 Å². The molecule has 0 aliphatic carbocycles. The molecule has 0 fully saturated rings. The molecule has 22 heavy (non-hydrogen) atoms. The van der Waals surface area contributed by atoms with E-state index in [1.54, 1.807) is 6.92 Å². The Morgan fingerprint density at radius 1 is 1.27 bits per heavy atom. The van der Waals surface area contributed by atoms with E-state index in [9.17, 15) is 18.0 Å². The highest BCUT2D eigenvalue weighted by atomic mass is 32.1. The molecule has 0 bridgehead atoms. The van der Waals surface area contributed by atoms with Crippen molar-refractivity contribution in [3.8, 4) is 0 Å². The normalized spacial score (nSPS) is 12.0. The molecule has 0 spiro atoms. The maximum absolute atomic E-state index is 12.5. The van der Waals surface area contributed by atoms with Crippen molar-refractivity contribution in [3.63, 3.8) is 0 Å². The molecule has 0 saturated heterocycles. The van der Waals surface area contributed by atoms with Crippen molar-refractivity contribution in [3.05, 3.63) is 52.0 Å². The molecule has 0 amide bonds. The molecule has 3 heterocycles. The molecule has 0 aliphatic heterocycles. The van der Waals surface area contributed by atoms with Gasteiger partial charge in [-0.3, -0.25) is 14.3 Å². The average molecular weight is 326 g/mol. The predicted molar refractivity (Wildman–Crippen MR) is 74.8 cm³/mol. The molecule has 114 valence electrons. The highest BCUT2D eigenvalue weighted by Gasteiger charge is 2.32. The average Bonchev–Trinajstić information content (AvgIpc) is 2.84. The van der Waals surface area contributed by atoms with E-state index in [-0.39, 0.29) is 12.1 Å². The lowest BCUT2D eigenvalue weighted by Gasteiger charge is -2.08. The van der Waals surface area contributed by atoms with E-state index < -0.39 is 11.9 Å². The number of nitrogens with zero attached hydrogens (tertiary/aromatic N) is 4. The second kappa shape index (κ2) is 5.16. The van der Waals surface area contributed by atoms with E-state index in [2.05, 4.69) is 14.3 Å². The Morgan fingerprint density at radius 3 is 2.68 bits per heavy atom. The number of fused-ring (bicyclic) bond motifs is 1. The summed E-state index contributed by atoms with van der Waals surface area (Å²) in [4.78, 5) is 20.4. The zero-order chi connectivity index (χ0) is 15.9. The van der Waals surface area contributed by atoms with Gasteiger partial charge in [0.1, 0.15) is 5.69 Å². The number of hydrogen-bond acceptors (Lipinski definition) is 5. The van der Waals surface area contributed by atoms with Gasteiger partial charge < -0.3 is 0 Å². The zero-order valence-corrected chi connectivity index (χ0v) is 12.1. The maximum atomic E-state index is 12.5.